The summed E-state index contributed by atoms with van der Waals surface area (Å²) in [6.45, 7) is 0.636. The number of fused-ring (bicyclic) bond motifs is 1. The number of hydrogen-bond donors (Lipinski definition) is 2. The molecular weight excluding hydrogens is 434 g/mol. The van der Waals surface area contributed by atoms with Crippen LogP contribution in [0.15, 0.2) is 71.8 Å². The van der Waals surface area contributed by atoms with Crippen molar-refractivity contribution in [1.82, 2.24) is 25.5 Å². The number of aromatic amines is 1. The molecule has 0 saturated carbocycles. The number of amides is 1. The van der Waals surface area contributed by atoms with E-state index in [-0.39, 0.29) is 11.4 Å². The van der Waals surface area contributed by atoms with Gasteiger partial charge in [-0.25, -0.2) is 4.98 Å². The summed E-state index contributed by atoms with van der Waals surface area (Å²) >= 11 is 0. The Labute approximate surface area is 194 Å². The summed E-state index contributed by atoms with van der Waals surface area (Å²) in [4.78, 5) is 32.7. The summed E-state index contributed by atoms with van der Waals surface area (Å²) < 4.78 is 10.9. The average molecular weight is 455 g/mol. The molecule has 4 aromatic rings. The standard InChI is InChI=1S/C25H21N5O4/c1-33-18-7-4-15(5-8-18)22(17-6-9-21-16(13-17)10-12-34-21)28-24(31)19-14-26-23(29-25(19)32)20-3-2-11-27-30-20/h2-9,11,13-14,22H,10,12H2,1H3,(H,28,31)(H,26,29,32). The first-order valence-corrected chi connectivity index (χ1v) is 10.7. The monoisotopic (exact) mass is 455 g/mol. The van der Waals surface area contributed by atoms with E-state index in [1.54, 1.807) is 19.2 Å². The molecular formula is C25H21N5O4. The molecule has 1 unspecified atom stereocenters. The minimum absolute atomic E-state index is 0.101. The highest BCUT2D eigenvalue weighted by molar-refractivity contribution is 5.94. The summed E-state index contributed by atoms with van der Waals surface area (Å²) in [6.07, 6.45) is 3.58. The van der Waals surface area contributed by atoms with Crippen molar-refractivity contribution < 1.29 is 14.3 Å². The lowest BCUT2D eigenvalue weighted by atomic mass is 9.96. The van der Waals surface area contributed by atoms with Gasteiger partial charge >= 0.3 is 0 Å². The predicted molar refractivity (Wildman–Crippen MR) is 124 cm³/mol. The van der Waals surface area contributed by atoms with E-state index in [1.165, 1.54) is 12.4 Å². The Bertz CT molecular complexity index is 1390. The number of rotatable bonds is 6. The van der Waals surface area contributed by atoms with Crippen LogP contribution in [0, 0.1) is 0 Å². The molecule has 34 heavy (non-hydrogen) atoms. The SMILES string of the molecule is COc1ccc(C(NC(=O)c2cnc(-c3cccnn3)[nH]c2=O)c2ccc3c(c2)CCO3)cc1. The average Bonchev–Trinajstić information content (AvgIpc) is 3.36. The van der Waals surface area contributed by atoms with Gasteiger partial charge in [0.25, 0.3) is 11.5 Å². The van der Waals surface area contributed by atoms with Gasteiger partial charge in [0.15, 0.2) is 5.82 Å². The number of H-pyrrole nitrogens is 1. The van der Waals surface area contributed by atoms with Gasteiger partial charge in [0.1, 0.15) is 22.8 Å². The zero-order chi connectivity index (χ0) is 23.5. The third kappa shape index (κ3) is 4.23. The molecule has 1 aliphatic heterocycles. The molecule has 9 nitrogen and oxygen atoms in total. The van der Waals surface area contributed by atoms with Crippen LogP contribution < -0.4 is 20.3 Å². The summed E-state index contributed by atoms with van der Waals surface area (Å²) in [6, 6.07) is 16.1. The van der Waals surface area contributed by atoms with E-state index < -0.39 is 17.5 Å². The van der Waals surface area contributed by atoms with Gasteiger partial charge in [-0.15, -0.1) is 5.10 Å². The van der Waals surface area contributed by atoms with E-state index in [0.717, 1.165) is 28.9 Å². The molecule has 0 spiro atoms. The van der Waals surface area contributed by atoms with Gasteiger partial charge in [-0.3, -0.25) is 9.59 Å². The van der Waals surface area contributed by atoms with Crippen molar-refractivity contribution in [2.75, 3.05) is 13.7 Å². The maximum Gasteiger partial charge on any atom is 0.264 e. The molecule has 2 aromatic carbocycles. The van der Waals surface area contributed by atoms with Crippen LogP contribution in [0.4, 0.5) is 0 Å². The van der Waals surface area contributed by atoms with E-state index in [4.69, 9.17) is 9.47 Å². The molecule has 0 radical (unpaired) electrons. The largest absolute Gasteiger partial charge is 0.497 e. The van der Waals surface area contributed by atoms with Crippen molar-refractivity contribution in [3.05, 3.63) is 99.6 Å². The number of aromatic nitrogens is 4. The van der Waals surface area contributed by atoms with E-state index in [0.29, 0.717) is 18.1 Å². The fourth-order valence-electron chi connectivity index (χ4n) is 3.86. The van der Waals surface area contributed by atoms with Crippen LogP contribution in [0.5, 0.6) is 11.5 Å². The number of hydrogen-bond acceptors (Lipinski definition) is 7. The van der Waals surface area contributed by atoms with Crippen LogP contribution in [0.1, 0.15) is 33.1 Å². The third-order valence-corrected chi connectivity index (χ3v) is 5.63. The van der Waals surface area contributed by atoms with Crippen molar-refractivity contribution in [2.45, 2.75) is 12.5 Å². The highest BCUT2D eigenvalue weighted by Gasteiger charge is 2.23. The number of carbonyl (C=O) groups excluding carboxylic acids is 1. The van der Waals surface area contributed by atoms with Gasteiger partial charge in [-0.2, -0.15) is 5.10 Å². The molecule has 9 heteroatoms. The molecule has 2 N–H and O–H groups in total. The third-order valence-electron chi connectivity index (χ3n) is 5.63. The maximum atomic E-state index is 13.2. The first-order valence-electron chi connectivity index (χ1n) is 10.7. The Morgan fingerprint density at radius 1 is 1.15 bits per heavy atom. The summed E-state index contributed by atoms with van der Waals surface area (Å²) in [5.41, 5.74) is 2.54. The normalized spacial score (nSPS) is 13.0. The lowest BCUT2D eigenvalue weighted by Crippen LogP contribution is -2.33. The van der Waals surface area contributed by atoms with Gasteiger partial charge in [0, 0.05) is 18.8 Å². The van der Waals surface area contributed by atoms with Gasteiger partial charge in [-0.05, 0) is 53.1 Å². The molecule has 0 fully saturated rings. The van der Waals surface area contributed by atoms with Gasteiger partial charge < -0.3 is 19.8 Å². The van der Waals surface area contributed by atoms with Crippen LogP contribution in [0.25, 0.3) is 11.5 Å². The van der Waals surface area contributed by atoms with Crippen LogP contribution >= 0.6 is 0 Å². The Balaban J connectivity index is 1.47. The first kappa shape index (κ1) is 21.3. The zero-order valence-electron chi connectivity index (χ0n) is 18.3. The van der Waals surface area contributed by atoms with Gasteiger partial charge in [0.05, 0.1) is 19.8 Å². The first-order chi connectivity index (χ1) is 16.6. The fraction of sp³-hybridized carbons (Fsp3) is 0.160. The molecule has 0 bridgehead atoms. The summed E-state index contributed by atoms with van der Waals surface area (Å²) in [5.74, 6) is 1.25. The number of benzene rings is 2. The quantitative estimate of drug-likeness (QED) is 0.459. The predicted octanol–water partition coefficient (Wildman–Crippen LogP) is 2.69. The molecule has 0 saturated heterocycles. The van der Waals surface area contributed by atoms with Crippen LogP contribution in [-0.4, -0.2) is 39.8 Å². The molecule has 1 amide bonds. The van der Waals surface area contributed by atoms with Crippen molar-refractivity contribution in [2.24, 2.45) is 0 Å². The Morgan fingerprint density at radius 3 is 2.71 bits per heavy atom. The van der Waals surface area contributed by atoms with Gasteiger partial charge in [-0.1, -0.05) is 18.2 Å². The molecule has 1 aliphatic rings. The molecule has 2 aromatic heterocycles. The van der Waals surface area contributed by atoms with Gasteiger partial charge in [0.2, 0.25) is 0 Å². The van der Waals surface area contributed by atoms with Crippen LogP contribution in [0.2, 0.25) is 0 Å². The minimum atomic E-state index is -0.566. The summed E-state index contributed by atoms with van der Waals surface area (Å²) in [5, 5.41) is 10.7. The summed E-state index contributed by atoms with van der Waals surface area (Å²) in [7, 11) is 1.60. The minimum Gasteiger partial charge on any atom is -0.497 e. The maximum absolute atomic E-state index is 13.2. The lowest BCUT2D eigenvalue weighted by Gasteiger charge is -2.21. The zero-order valence-corrected chi connectivity index (χ0v) is 18.3. The smallest absolute Gasteiger partial charge is 0.264 e. The van der Waals surface area contributed by atoms with Crippen molar-refractivity contribution >= 4 is 5.91 Å². The lowest BCUT2D eigenvalue weighted by molar-refractivity contribution is 0.0941. The van der Waals surface area contributed by atoms with E-state index >= 15 is 0 Å². The highest BCUT2D eigenvalue weighted by atomic mass is 16.5. The van der Waals surface area contributed by atoms with Crippen molar-refractivity contribution in [1.29, 1.82) is 0 Å². The second-order valence-corrected chi connectivity index (χ2v) is 7.73. The number of nitrogens with zero attached hydrogens (tertiary/aromatic N) is 3. The topological polar surface area (TPSA) is 119 Å². The Hall–Kier alpha value is -4.53. The fourth-order valence-corrected chi connectivity index (χ4v) is 3.86. The second-order valence-electron chi connectivity index (χ2n) is 7.73. The Kier molecular flexibility index (Phi) is 5.73. The molecule has 3 heterocycles. The van der Waals surface area contributed by atoms with E-state index in [2.05, 4.69) is 25.5 Å². The number of nitrogens with one attached hydrogen (secondary N) is 2. The highest BCUT2D eigenvalue weighted by Crippen LogP contribution is 2.31. The van der Waals surface area contributed by atoms with Crippen LogP contribution in [0.3, 0.4) is 0 Å². The second kappa shape index (κ2) is 9.14. The van der Waals surface area contributed by atoms with Crippen molar-refractivity contribution in [3.8, 4) is 23.0 Å². The molecule has 1 atom stereocenters. The number of ether oxygens (including phenoxy) is 2. The Morgan fingerprint density at radius 2 is 1.97 bits per heavy atom. The number of carbonyl (C=O) groups is 1. The number of methoxy groups -OCH3 is 1. The molecule has 0 aliphatic carbocycles. The van der Waals surface area contributed by atoms with Crippen molar-refractivity contribution in [3.63, 3.8) is 0 Å². The molecule has 170 valence electrons. The van der Waals surface area contributed by atoms with E-state index in [1.807, 2.05) is 42.5 Å². The molecule has 5 rings (SSSR count). The van der Waals surface area contributed by atoms with Crippen LogP contribution in [-0.2, 0) is 6.42 Å². The van der Waals surface area contributed by atoms with E-state index in [9.17, 15) is 9.59 Å².